The molecule has 2 aromatic heterocycles. The van der Waals surface area contributed by atoms with Crippen LogP contribution in [0.5, 0.6) is 0 Å². The summed E-state index contributed by atoms with van der Waals surface area (Å²) in [6, 6.07) is 0.938. The predicted molar refractivity (Wildman–Crippen MR) is 88.6 cm³/mol. The minimum absolute atomic E-state index is 0.221. The van der Waals surface area contributed by atoms with Gasteiger partial charge < -0.3 is 15.1 Å². The van der Waals surface area contributed by atoms with E-state index in [2.05, 4.69) is 29.5 Å². The van der Waals surface area contributed by atoms with E-state index in [0.29, 0.717) is 24.4 Å². The third-order valence-corrected chi connectivity index (χ3v) is 4.46. The molecule has 1 atom stereocenters. The van der Waals surface area contributed by atoms with Crippen molar-refractivity contribution in [3.8, 4) is 0 Å². The molecule has 0 fully saturated rings. The minimum atomic E-state index is -0.612. The summed E-state index contributed by atoms with van der Waals surface area (Å²) in [4.78, 5) is 28.3. The molecule has 0 saturated heterocycles. The molecular formula is C16H21N3O3S. The summed E-state index contributed by atoms with van der Waals surface area (Å²) in [5.74, 6) is -0.134. The van der Waals surface area contributed by atoms with Gasteiger partial charge in [-0.3, -0.25) is 9.59 Å². The van der Waals surface area contributed by atoms with Gasteiger partial charge in [0.15, 0.2) is 0 Å². The number of nitrogens with one attached hydrogen (secondary N) is 2. The first-order valence-corrected chi connectivity index (χ1v) is 8.40. The fourth-order valence-corrected chi connectivity index (χ4v) is 2.78. The zero-order valence-corrected chi connectivity index (χ0v) is 14.3. The lowest BCUT2D eigenvalue weighted by Gasteiger charge is -2.13. The van der Waals surface area contributed by atoms with Gasteiger partial charge in [0, 0.05) is 24.3 Å². The number of thiazole rings is 1. The summed E-state index contributed by atoms with van der Waals surface area (Å²) < 4.78 is 4.84. The van der Waals surface area contributed by atoms with Gasteiger partial charge in [-0.05, 0) is 13.0 Å². The molecule has 23 heavy (non-hydrogen) atoms. The lowest BCUT2D eigenvalue weighted by atomic mass is 10.2. The van der Waals surface area contributed by atoms with Crippen LogP contribution in [0.3, 0.4) is 0 Å². The Hall–Kier alpha value is -2.15. The number of amides is 2. The van der Waals surface area contributed by atoms with Gasteiger partial charge in [-0.1, -0.05) is 13.8 Å². The van der Waals surface area contributed by atoms with E-state index in [1.54, 1.807) is 24.3 Å². The van der Waals surface area contributed by atoms with Gasteiger partial charge in [-0.15, -0.1) is 11.3 Å². The second-order valence-corrected chi connectivity index (χ2v) is 6.47. The second kappa shape index (κ2) is 7.92. The van der Waals surface area contributed by atoms with Crippen LogP contribution in [-0.4, -0.2) is 29.4 Å². The molecule has 0 aromatic carbocycles. The molecule has 2 aromatic rings. The standard InChI is InChI=1S/C16H21N3O3S/c1-10(2)16-19-13(9-23-16)4-6-17-14(20)11(3)18-15(21)12-5-7-22-8-12/h5,7-11H,4,6H2,1-3H3,(H,17,20)(H,18,21)/t11-/m0/s1. The first kappa shape index (κ1) is 17.2. The van der Waals surface area contributed by atoms with Gasteiger partial charge in [0.2, 0.25) is 5.91 Å². The summed E-state index contributed by atoms with van der Waals surface area (Å²) in [7, 11) is 0. The molecule has 0 saturated carbocycles. The molecule has 0 unspecified atom stereocenters. The Kier molecular flexibility index (Phi) is 5.92. The largest absolute Gasteiger partial charge is 0.472 e. The van der Waals surface area contributed by atoms with Crippen molar-refractivity contribution in [3.63, 3.8) is 0 Å². The van der Waals surface area contributed by atoms with Crippen molar-refractivity contribution in [2.24, 2.45) is 0 Å². The summed E-state index contributed by atoms with van der Waals surface area (Å²) in [6.07, 6.45) is 3.44. The topological polar surface area (TPSA) is 84.2 Å². The monoisotopic (exact) mass is 335 g/mol. The lowest BCUT2D eigenvalue weighted by molar-refractivity contribution is -0.122. The van der Waals surface area contributed by atoms with Gasteiger partial charge in [-0.25, -0.2) is 4.98 Å². The van der Waals surface area contributed by atoms with E-state index in [4.69, 9.17) is 4.42 Å². The van der Waals surface area contributed by atoms with Crippen LogP contribution in [0, 0.1) is 0 Å². The maximum atomic E-state index is 12.0. The molecule has 7 heteroatoms. The number of furan rings is 1. The number of nitrogens with zero attached hydrogens (tertiary/aromatic N) is 1. The zero-order valence-electron chi connectivity index (χ0n) is 13.5. The van der Waals surface area contributed by atoms with Crippen LogP contribution in [0.15, 0.2) is 28.4 Å². The Morgan fingerprint density at radius 3 is 2.74 bits per heavy atom. The van der Waals surface area contributed by atoms with Crippen LogP contribution in [0.4, 0.5) is 0 Å². The van der Waals surface area contributed by atoms with Gasteiger partial charge in [0.05, 0.1) is 22.5 Å². The molecule has 2 heterocycles. The molecule has 0 aliphatic carbocycles. The van der Waals surface area contributed by atoms with Crippen molar-refractivity contribution in [1.29, 1.82) is 0 Å². The number of rotatable bonds is 7. The van der Waals surface area contributed by atoms with E-state index in [9.17, 15) is 9.59 Å². The first-order chi connectivity index (χ1) is 11.0. The third kappa shape index (κ3) is 4.92. The highest BCUT2D eigenvalue weighted by atomic mass is 32.1. The molecular weight excluding hydrogens is 314 g/mol. The fourth-order valence-electron chi connectivity index (χ4n) is 1.91. The lowest BCUT2D eigenvalue weighted by Crippen LogP contribution is -2.45. The van der Waals surface area contributed by atoms with Crippen LogP contribution in [0.25, 0.3) is 0 Å². The van der Waals surface area contributed by atoms with Gasteiger partial charge in [0.1, 0.15) is 12.3 Å². The highest BCUT2D eigenvalue weighted by Gasteiger charge is 2.17. The van der Waals surface area contributed by atoms with E-state index in [1.165, 1.54) is 12.5 Å². The summed E-state index contributed by atoms with van der Waals surface area (Å²) in [6.45, 7) is 6.35. The zero-order chi connectivity index (χ0) is 16.8. The summed E-state index contributed by atoms with van der Waals surface area (Å²) in [5, 5.41) is 8.56. The van der Waals surface area contributed by atoms with Crippen molar-refractivity contribution in [1.82, 2.24) is 15.6 Å². The van der Waals surface area contributed by atoms with E-state index < -0.39 is 6.04 Å². The number of hydrogen-bond donors (Lipinski definition) is 2. The summed E-state index contributed by atoms with van der Waals surface area (Å²) in [5.41, 5.74) is 1.38. The highest BCUT2D eigenvalue weighted by Crippen LogP contribution is 2.19. The Labute approximate surface area is 139 Å². The molecule has 2 amide bonds. The minimum Gasteiger partial charge on any atom is -0.472 e. The van der Waals surface area contributed by atoms with Crippen molar-refractivity contribution in [2.45, 2.75) is 39.2 Å². The van der Waals surface area contributed by atoms with Crippen LogP contribution in [0.1, 0.15) is 47.7 Å². The van der Waals surface area contributed by atoms with Gasteiger partial charge in [0.25, 0.3) is 5.91 Å². The molecule has 0 aliphatic heterocycles. The molecule has 0 radical (unpaired) electrons. The normalized spacial score (nSPS) is 12.2. The SMILES string of the molecule is CC(C)c1nc(CCNC(=O)[C@H](C)NC(=O)c2ccoc2)cs1. The van der Waals surface area contributed by atoms with Crippen molar-refractivity contribution < 1.29 is 14.0 Å². The smallest absolute Gasteiger partial charge is 0.255 e. The van der Waals surface area contributed by atoms with Crippen molar-refractivity contribution in [2.75, 3.05) is 6.54 Å². The Bertz CT molecular complexity index is 649. The Balaban J connectivity index is 1.74. The maximum absolute atomic E-state index is 12.0. The molecule has 124 valence electrons. The van der Waals surface area contributed by atoms with Crippen LogP contribution < -0.4 is 10.6 Å². The fraction of sp³-hybridized carbons (Fsp3) is 0.438. The number of carbonyl (C=O) groups is 2. The number of hydrogen-bond acceptors (Lipinski definition) is 5. The van der Waals surface area contributed by atoms with Crippen LogP contribution >= 0.6 is 11.3 Å². The molecule has 6 nitrogen and oxygen atoms in total. The Morgan fingerprint density at radius 1 is 1.35 bits per heavy atom. The predicted octanol–water partition coefficient (Wildman–Crippen LogP) is 2.34. The van der Waals surface area contributed by atoms with Gasteiger partial charge in [-0.2, -0.15) is 0 Å². The van der Waals surface area contributed by atoms with Crippen molar-refractivity contribution >= 4 is 23.2 Å². The summed E-state index contributed by atoms with van der Waals surface area (Å²) >= 11 is 1.64. The maximum Gasteiger partial charge on any atom is 0.255 e. The average Bonchev–Trinajstić information content (AvgIpc) is 3.18. The second-order valence-electron chi connectivity index (χ2n) is 5.58. The molecule has 0 bridgehead atoms. The first-order valence-electron chi connectivity index (χ1n) is 7.52. The molecule has 2 N–H and O–H groups in total. The average molecular weight is 335 g/mol. The van der Waals surface area contributed by atoms with E-state index >= 15 is 0 Å². The highest BCUT2D eigenvalue weighted by molar-refractivity contribution is 7.09. The molecule has 0 spiro atoms. The van der Waals surface area contributed by atoms with Gasteiger partial charge >= 0.3 is 0 Å². The van der Waals surface area contributed by atoms with Crippen molar-refractivity contribution in [3.05, 3.63) is 40.2 Å². The quantitative estimate of drug-likeness (QED) is 0.813. The third-order valence-electron chi connectivity index (χ3n) is 3.27. The molecule has 2 rings (SSSR count). The Morgan fingerprint density at radius 2 is 2.13 bits per heavy atom. The van der Waals surface area contributed by atoms with E-state index in [-0.39, 0.29) is 11.8 Å². The van der Waals surface area contributed by atoms with E-state index in [1.807, 2.05) is 5.38 Å². The van der Waals surface area contributed by atoms with E-state index in [0.717, 1.165) is 10.7 Å². The van der Waals surface area contributed by atoms with Crippen LogP contribution in [-0.2, 0) is 11.2 Å². The number of carbonyl (C=O) groups excluding carboxylic acids is 2. The number of aromatic nitrogens is 1. The van der Waals surface area contributed by atoms with Crippen LogP contribution in [0.2, 0.25) is 0 Å². The molecule has 0 aliphatic rings.